The van der Waals surface area contributed by atoms with Gasteiger partial charge in [0.15, 0.2) is 6.61 Å². The topological polar surface area (TPSA) is 111 Å². The molecule has 2 heterocycles. The minimum atomic E-state index is -3.71. The van der Waals surface area contributed by atoms with Crippen molar-refractivity contribution in [3.8, 4) is 11.8 Å². The third-order valence-corrected chi connectivity index (χ3v) is 6.88. The largest absolute Gasteiger partial charge is 0.477 e. The second-order valence-electron chi connectivity index (χ2n) is 7.27. The van der Waals surface area contributed by atoms with Crippen molar-refractivity contribution in [1.29, 1.82) is 5.26 Å². The average Bonchev–Trinajstić information content (AvgIpc) is 3.00. The lowest BCUT2D eigenvalue weighted by Gasteiger charge is -2.26. The molecule has 0 atom stereocenters. The van der Waals surface area contributed by atoms with Gasteiger partial charge >= 0.3 is 6.03 Å². The quantitative estimate of drug-likeness (QED) is 0.650. The Bertz CT molecular complexity index is 948. The van der Waals surface area contributed by atoms with Crippen LogP contribution in [0.1, 0.15) is 33.1 Å². The Morgan fingerprint density at radius 1 is 1.17 bits per heavy atom. The lowest BCUT2D eigenvalue weighted by Crippen LogP contribution is -2.38. The molecule has 2 saturated heterocycles. The maximum Gasteiger partial charge on any atom is 0.332 e. The van der Waals surface area contributed by atoms with E-state index in [1.807, 2.05) is 6.07 Å². The summed E-state index contributed by atoms with van der Waals surface area (Å²) in [6.07, 6.45) is 2.62. The van der Waals surface area contributed by atoms with Gasteiger partial charge in [-0.3, -0.25) is 14.6 Å². The minimum Gasteiger partial charge on any atom is -0.477 e. The van der Waals surface area contributed by atoms with Crippen LogP contribution in [0, 0.1) is 11.3 Å². The monoisotopic (exact) mass is 420 g/mol. The van der Waals surface area contributed by atoms with E-state index in [0.717, 1.165) is 24.2 Å². The maximum absolute atomic E-state index is 13.0. The van der Waals surface area contributed by atoms with E-state index in [4.69, 9.17) is 10.00 Å². The van der Waals surface area contributed by atoms with Crippen molar-refractivity contribution >= 4 is 27.6 Å². The zero-order chi connectivity index (χ0) is 21.2. The fourth-order valence-electron chi connectivity index (χ4n) is 3.57. The van der Waals surface area contributed by atoms with Crippen LogP contribution in [0.15, 0.2) is 23.1 Å². The molecule has 9 nitrogen and oxygen atoms in total. The van der Waals surface area contributed by atoms with Gasteiger partial charge in [0, 0.05) is 25.2 Å². The molecular weight excluding hydrogens is 396 g/mol. The van der Waals surface area contributed by atoms with Crippen molar-refractivity contribution in [2.24, 2.45) is 0 Å². The van der Waals surface area contributed by atoms with Crippen LogP contribution >= 0.6 is 0 Å². The van der Waals surface area contributed by atoms with Gasteiger partial charge in [-0.2, -0.15) is 9.57 Å². The van der Waals surface area contributed by atoms with Crippen LogP contribution in [0.4, 0.5) is 10.5 Å². The summed E-state index contributed by atoms with van der Waals surface area (Å²) in [5.74, 6) is -0.266. The number of piperidine rings is 1. The first-order valence-electron chi connectivity index (χ1n) is 9.55. The van der Waals surface area contributed by atoms with Crippen LogP contribution in [0.5, 0.6) is 5.75 Å². The van der Waals surface area contributed by atoms with E-state index < -0.39 is 16.1 Å². The Hall–Kier alpha value is -2.64. The molecule has 0 N–H and O–H groups in total. The predicted molar refractivity (Wildman–Crippen MR) is 105 cm³/mol. The van der Waals surface area contributed by atoms with Crippen LogP contribution < -0.4 is 9.64 Å². The second-order valence-corrected chi connectivity index (χ2v) is 9.21. The molecule has 2 aliphatic rings. The van der Waals surface area contributed by atoms with E-state index in [9.17, 15) is 18.0 Å². The molecule has 156 valence electrons. The fraction of sp³-hybridized carbons (Fsp3) is 0.526. The molecule has 0 aliphatic carbocycles. The van der Waals surface area contributed by atoms with Crippen molar-refractivity contribution in [1.82, 2.24) is 9.21 Å². The lowest BCUT2D eigenvalue weighted by molar-refractivity contribution is -0.125. The van der Waals surface area contributed by atoms with E-state index in [1.54, 1.807) is 13.8 Å². The average molecular weight is 420 g/mol. The zero-order valence-electron chi connectivity index (χ0n) is 16.5. The number of carbonyl (C=O) groups excluding carboxylic acids is 2. The van der Waals surface area contributed by atoms with Crippen molar-refractivity contribution in [3.63, 3.8) is 0 Å². The molecule has 3 amide bonds. The van der Waals surface area contributed by atoms with Crippen LogP contribution in [-0.4, -0.2) is 61.8 Å². The van der Waals surface area contributed by atoms with Gasteiger partial charge in [-0.15, -0.1) is 0 Å². The summed E-state index contributed by atoms with van der Waals surface area (Å²) in [6, 6.07) is 5.23. The number of nitriles is 1. The molecule has 0 spiro atoms. The summed E-state index contributed by atoms with van der Waals surface area (Å²) in [7, 11) is -3.71. The molecule has 1 aromatic carbocycles. The molecule has 0 radical (unpaired) electrons. The molecule has 3 rings (SSSR count). The number of amides is 3. The molecular formula is C19H24N4O5S. The lowest BCUT2D eigenvalue weighted by atomic mass is 10.2. The highest BCUT2D eigenvalue weighted by molar-refractivity contribution is 7.89. The first kappa shape index (κ1) is 21.1. The van der Waals surface area contributed by atoms with Crippen LogP contribution in [0.25, 0.3) is 0 Å². The minimum absolute atomic E-state index is 0.0368. The summed E-state index contributed by atoms with van der Waals surface area (Å²) in [5.41, 5.74) is 0.263. The van der Waals surface area contributed by atoms with Gasteiger partial charge in [0.2, 0.25) is 10.0 Å². The Labute approximate surface area is 170 Å². The van der Waals surface area contributed by atoms with E-state index >= 15 is 0 Å². The number of carbonyl (C=O) groups is 2. The Morgan fingerprint density at radius 2 is 1.86 bits per heavy atom. The van der Waals surface area contributed by atoms with Crippen molar-refractivity contribution < 1.29 is 22.7 Å². The highest BCUT2D eigenvalue weighted by Crippen LogP contribution is 2.35. The van der Waals surface area contributed by atoms with Crippen LogP contribution in [0.3, 0.4) is 0 Å². The molecule has 1 aromatic rings. The molecule has 10 heteroatoms. The Morgan fingerprint density at radius 3 is 2.45 bits per heavy atom. The molecule has 29 heavy (non-hydrogen) atoms. The van der Waals surface area contributed by atoms with E-state index in [-0.39, 0.29) is 41.4 Å². The maximum atomic E-state index is 13.0. The van der Waals surface area contributed by atoms with Crippen LogP contribution in [0.2, 0.25) is 0 Å². The smallest absolute Gasteiger partial charge is 0.332 e. The molecule has 0 bridgehead atoms. The highest BCUT2D eigenvalue weighted by atomic mass is 32.2. The first-order valence-corrected chi connectivity index (χ1v) is 11.0. The number of benzene rings is 1. The van der Waals surface area contributed by atoms with Gasteiger partial charge in [-0.25, -0.2) is 13.2 Å². The summed E-state index contributed by atoms with van der Waals surface area (Å²) in [6.45, 7) is 3.91. The molecule has 2 aliphatic heterocycles. The van der Waals surface area contributed by atoms with Crippen LogP contribution in [-0.2, 0) is 14.8 Å². The summed E-state index contributed by atoms with van der Waals surface area (Å²) in [4.78, 5) is 27.4. The van der Waals surface area contributed by atoms with Gasteiger partial charge in [0.1, 0.15) is 18.4 Å². The fourth-order valence-corrected chi connectivity index (χ4v) is 5.10. The van der Waals surface area contributed by atoms with Gasteiger partial charge < -0.3 is 4.74 Å². The first-order chi connectivity index (χ1) is 13.8. The summed E-state index contributed by atoms with van der Waals surface area (Å²) < 4.78 is 32.8. The van der Waals surface area contributed by atoms with Gasteiger partial charge in [0.25, 0.3) is 5.91 Å². The number of anilines is 1. The predicted octanol–water partition coefficient (Wildman–Crippen LogP) is 1.94. The van der Waals surface area contributed by atoms with Crippen molar-refractivity contribution in [3.05, 3.63) is 18.2 Å². The third-order valence-electron chi connectivity index (χ3n) is 4.98. The standard InChI is InChI=1S/C19H24N4O5S/c1-14(2)23-18(24)13-22(19(23)25)16-7-6-15(12-17(16)28-11-8-20)29(26,27)21-9-4-3-5-10-21/h6-7,12,14H,3-5,9-11,13H2,1-2H3. The van der Waals surface area contributed by atoms with E-state index in [1.165, 1.54) is 27.4 Å². The SMILES string of the molecule is CC(C)N1C(=O)CN(c2ccc(S(=O)(=O)N3CCCCC3)cc2OCC#N)C1=O. The van der Waals surface area contributed by atoms with Crippen molar-refractivity contribution in [2.75, 3.05) is 31.1 Å². The summed E-state index contributed by atoms with van der Waals surface area (Å²) >= 11 is 0. The summed E-state index contributed by atoms with van der Waals surface area (Å²) in [5, 5.41) is 8.88. The third kappa shape index (κ3) is 4.06. The zero-order valence-corrected chi connectivity index (χ0v) is 17.3. The molecule has 2 fully saturated rings. The van der Waals surface area contributed by atoms with Gasteiger partial charge in [-0.1, -0.05) is 6.42 Å². The number of rotatable bonds is 6. The molecule has 0 unspecified atom stereocenters. The molecule has 0 aromatic heterocycles. The number of hydrogen-bond acceptors (Lipinski definition) is 6. The van der Waals surface area contributed by atoms with Crippen molar-refractivity contribution in [2.45, 2.75) is 44.0 Å². The highest BCUT2D eigenvalue weighted by Gasteiger charge is 2.40. The number of sulfonamides is 1. The van der Waals surface area contributed by atoms with Gasteiger partial charge in [0.05, 0.1) is 10.6 Å². The van der Waals surface area contributed by atoms with Gasteiger partial charge in [-0.05, 0) is 38.8 Å². The number of ether oxygens (including phenoxy) is 1. The Balaban J connectivity index is 1.98. The molecule has 0 saturated carbocycles. The number of hydrogen-bond donors (Lipinski definition) is 0. The number of imide groups is 1. The van der Waals surface area contributed by atoms with E-state index in [0.29, 0.717) is 13.1 Å². The number of urea groups is 1. The van der Waals surface area contributed by atoms with E-state index in [2.05, 4.69) is 0 Å². The number of nitrogens with zero attached hydrogens (tertiary/aromatic N) is 4. The Kier molecular flexibility index (Phi) is 6.10. The second kappa shape index (κ2) is 8.39. The normalized spacial score (nSPS) is 18.4.